The van der Waals surface area contributed by atoms with E-state index < -0.39 is 0 Å². The third kappa shape index (κ3) is 1.94. The molecule has 100 valence electrons. The maximum atomic E-state index is 9.56. The molecule has 0 amide bonds. The van der Waals surface area contributed by atoms with Gasteiger partial charge in [0.25, 0.3) is 0 Å². The highest BCUT2D eigenvalue weighted by atomic mass is 16.5. The van der Waals surface area contributed by atoms with Gasteiger partial charge < -0.3 is 20.1 Å². The molecule has 0 aliphatic heterocycles. The van der Waals surface area contributed by atoms with Gasteiger partial charge in [0.15, 0.2) is 11.5 Å². The number of benzene rings is 1. The van der Waals surface area contributed by atoms with Crippen molar-refractivity contribution in [1.29, 1.82) is 0 Å². The minimum absolute atomic E-state index is 0.0792. The largest absolute Gasteiger partial charge is 0.504 e. The van der Waals surface area contributed by atoms with Gasteiger partial charge in [-0.1, -0.05) is 5.16 Å². The van der Waals surface area contributed by atoms with E-state index in [1.54, 1.807) is 18.2 Å². The summed E-state index contributed by atoms with van der Waals surface area (Å²) in [5.74, 6) is 1.53. The van der Waals surface area contributed by atoms with E-state index in [1.165, 1.54) is 7.11 Å². The van der Waals surface area contributed by atoms with Gasteiger partial charge in [0, 0.05) is 12.1 Å². The lowest BCUT2D eigenvalue weighted by Crippen LogP contribution is -2.19. The SMILES string of the molecule is COc1cc(-c2noc(C3(CN)CC3)n2)ccc1O. The van der Waals surface area contributed by atoms with Crippen LogP contribution in [-0.2, 0) is 5.41 Å². The fraction of sp³-hybridized carbons (Fsp3) is 0.385. The van der Waals surface area contributed by atoms with Crippen LogP contribution in [0, 0.1) is 0 Å². The Bertz CT molecular complexity index is 605. The van der Waals surface area contributed by atoms with Gasteiger partial charge in [-0.15, -0.1) is 0 Å². The third-order valence-corrected chi connectivity index (χ3v) is 3.56. The third-order valence-electron chi connectivity index (χ3n) is 3.56. The highest BCUT2D eigenvalue weighted by Crippen LogP contribution is 2.46. The molecule has 6 heteroatoms. The number of nitrogens with two attached hydrogens (primary N) is 1. The molecule has 1 aliphatic carbocycles. The molecule has 0 unspecified atom stereocenters. The van der Waals surface area contributed by atoms with Gasteiger partial charge >= 0.3 is 0 Å². The number of ether oxygens (including phenoxy) is 1. The zero-order chi connectivity index (χ0) is 13.5. The molecule has 0 spiro atoms. The predicted octanol–water partition coefficient (Wildman–Crippen LogP) is 1.44. The first-order chi connectivity index (χ1) is 9.18. The summed E-state index contributed by atoms with van der Waals surface area (Å²) in [6.07, 6.45) is 1.98. The van der Waals surface area contributed by atoms with E-state index in [-0.39, 0.29) is 11.2 Å². The van der Waals surface area contributed by atoms with E-state index in [0.29, 0.717) is 24.0 Å². The number of hydrogen-bond acceptors (Lipinski definition) is 6. The number of aromatic hydroxyl groups is 1. The molecule has 6 nitrogen and oxygen atoms in total. The lowest BCUT2D eigenvalue weighted by Gasteiger charge is -2.04. The Morgan fingerprint density at radius 3 is 2.89 bits per heavy atom. The Labute approximate surface area is 110 Å². The average molecular weight is 261 g/mol. The van der Waals surface area contributed by atoms with Gasteiger partial charge in [-0.25, -0.2) is 0 Å². The maximum absolute atomic E-state index is 9.56. The summed E-state index contributed by atoms with van der Waals surface area (Å²) < 4.78 is 10.4. The van der Waals surface area contributed by atoms with Crippen molar-refractivity contribution in [2.24, 2.45) is 5.73 Å². The summed E-state index contributed by atoms with van der Waals surface area (Å²) in [6.45, 7) is 0.521. The van der Waals surface area contributed by atoms with Crippen molar-refractivity contribution in [1.82, 2.24) is 10.1 Å². The normalized spacial score (nSPS) is 16.3. The van der Waals surface area contributed by atoms with Gasteiger partial charge in [0.1, 0.15) is 0 Å². The van der Waals surface area contributed by atoms with Crippen LogP contribution in [0.25, 0.3) is 11.4 Å². The summed E-state index contributed by atoms with van der Waals surface area (Å²) >= 11 is 0. The lowest BCUT2D eigenvalue weighted by molar-refractivity contribution is 0.347. The smallest absolute Gasteiger partial charge is 0.234 e. The van der Waals surface area contributed by atoms with E-state index in [2.05, 4.69) is 10.1 Å². The molecule has 1 aromatic heterocycles. The van der Waals surface area contributed by atoms with Crippen LogP contribution in [0.1, 0.15) is 18.7 Å². The van der Waals surface area contributed by atoms with Crippen LogP contribution >= 0.6 is 0 Å². The van der Waals surface area contributed by atoms with E-state index >= 15 is 0 Å². The summed E-state index contributed by atoms with van der Waals surface area (Å²) in [4.78, 5) is 4.40. The van der Waals surface area contributed by atoms with Crippen LogP contribution in [0.2, 0.25) is 0 Å². The number of nitrogens with zero attached hydrogens (tertiary/aromatic N) is 2. The van der Waals surface area contributed by atoms with Crippen LogP contribution in [0.5, 0.6) is 11.5 Å². The second-order valence-electron chi connectivity index (χ2n) is 4.79. The number of phenols is 1. The van der Waals surface area contributed by atoms with Gasteiger partial charge in [0.05, 0.1) is 12.5 Å². The van der Waals surface area contributed by atoms with Crippen molar-refractivity contribution < 1.29 is 14.4 Å². The highest BCUT2D eigenvalue weighted by molar-refractivity contribution is 5.60. The predicted molar refractivity (Wildman–Crippen MR) is 67.9 cm³/mol. The van der Waals surface area contributed by atoms with Crippen LogP contribution in [0.3, 0.4) is 0 Å². The number of rotatable bonds is 4. The highest BCUT2D eigenvalue weighted by Gasteiger charge is 2.48. The fourth-order valence-corrected chi connectivity index (χ4v) is 2.03. The maximum Gasteiger partial charge on any atom is 0.234 e. The first kappa shape index (κ1) is 12.0. The van der Waals surface area contributed by atoms with Crippen molar-refractivity contribution in [3.05, 3.63) is 24.1 Å². The monoisotopic (exact) mass is 261 g/mol. The molecule has 1 fully saturated rings. The summed E-state index contributed by atoms with van der Waals surface area (Å²) in [6, 6.07) is 4.93. The Kier molecular flexibility index (Phi) is 2.67. The fourth-order valence-electron chi connectivity index (χ4n) is 2.03. The number of methoxy groups -OCH3 is 1. The number of hydrogen-bond donors (Lipinski definition) is 2. The summed E-state index contributed by atoms with van der Waals surface area (Å²) in [5.41, 5.74) is 6.35. The van der Waals surface area contributed by atoms with Crippen LogP contribution in [0.15, 0.2) is 22.7 Å². The lowest BCUT2D eigenvalue weighted by atomic mass is 10.1. The first-order valence-corrected chi connectivity index (χ1v) is 6.10. The average Bonchev–Trinajstić information content (AvgIpc) is 3.09. The summed E-state index contributed by atoms with van der Waals surface area (Å²) in [7, 11) is 1.49. The quantitative estimate of drug-likeness (QED) is 0.864. The minimum atomic E-state index is -0.119. The Hall–Kier alpha value is -2.08. The van der Waals surface area contributed by atoms with Crippen molar-refractivity contribution in [3.8, 4) is 22.9 Å². The Morgan fingerprint density at radius 2 is 2.26 bits per heavy atom. The molecule has 0 bridgehead atoms. The van der Waals surface area contributed by atoms with Crippen molar-refractivity contribution in [3.63, 3.8) is 0 Å². The standard InChI is InChI=1S/C13H15N3O3/c1-18-10-6-8(2-3-9(10)17)11-15-12(19-16-11)13(7-14)4-5-13/h2-3,6,17H,4-5,7,14H2,1H3. The van der Waals surface area contributed by atoms with Crippen LogP contribution in [-0.4, -0.2) is 28.9 Å². The number of phenolic OH excluding ortho intramolecular Hbond substituents is 1. The topological polar surface area (TPSA) is 94.4 Å². The molecule has 1 heterocycles. The van der Waals surface area contributed by atoms with E-state index in [0.717, 1.165) is 18.4 Å². The van der Waals surface area contributed by atoms with E-state index in [1.807, 2.05) is 0 Å². The first-order valence-electron chi connectivity index (χ1n) is 6.10. The van der Waals surface area contributed by atoms with Crippen LogP contribution in [0.4, 0.5) is 0 Å². The van der Waals surface area contributed by atoms with E-state index in [4.69, 9.17) is 15.0 Å². The van der Waals surface area contributed by atoms with Crippen molar-refractivity contribution >= 4 is 0 Å². The molecule has 1 aromatic carbocycles. The van der Waals surface area contributed by atoms with Gasteiger partial charge in [-0.05, 0) is 31.0 Å². The zero-order valence-corrected chi connectivity index (χ0v) is 10.6. The molecular formula is C13H15N3O3. The second kappa shape index (κ2) is 4.24. The summed E-state index contributed by atoms with van der Waals surface area (Å²) in [5, 5.41) is 13.5. The zero-order valence-electron chi connectivity index (χ0n) is 10.6. The molecule has 0 atom stereocenters. The Morgan fingerprint density at radius 1 is 1.47 bits per heavy atom. The molecule has 0 radical (unpaired) electrons. The molecule has 1 aliphatic rings. The molecule has 2 aromatic rings. The van der Waals surface area contributed by atoms with Crippen molar-refractivity contribution in [2.75, 3.05) is 13.7 Å². The van der Waals surface area contributed by atoms with E-state index in [9.17, 15) is 5.11 Å². The minimum Gasteiger partial charge on any atom is -0.504 e. The van der Waals surface area contributed by atoms with Gasteiger partial charge in [0.2, 0.25) is 11.7 Å². The Balaban J connectivity index is 1.95. The molecule has 0 saturated heterocycles. The van der Waals surface area contributed by atoms with Crippen LogP contribution < -0.4 is 10.5 Å². The molecule has 3 N–H and O–H groups in total. The van der Waals surface area contributed by atoms with Gasteiger partial charge in [-0.2, -0.15) is 4.98 Å². The molecular weight excluding hydrogens is 246 g/mol. The molecule has 3 rings (SSSR count). The van der Waals surface area contributed by atoms with Crippen molar-refractivity contribution in [2.45, 2.75) is 18.3 Å². The van der Waals surface area contributed by atoms with Gasteiger partial charge in [-0.3, -0.25) is 0 Å². The number of aromatic nitrogens is 2. The molecule has 19 heavy (non-hydrogen) atoms. The second-order valence-corrected chi connectivity index (χ2v) is 4.79. The molecule has 1 saturated carbocycles.